The summed E-state index contributed by atoms with van der Waals surface area (Å²) in [6.45, 7) is 1.49. The number of alkyl halides is 3. The van der Waals surface area contributed by atoms with E-state index in [-0.39, 0.29) is 13.1 Å². The minimum atomic E-state index is -4.96. The molecular weight excluding hydrogens is 359 g/mol. The number of nitro groups is 2. The molecule has 0 aliphatic heterocycles. The summed E-state index contributed by atoms with van der Waals surface area (Å²) in [5, 5.41) is 31.8. The number of aliphatic hydroxyl groups is 1. The summed E-state index contributed by atoms with van der Waals surface area (Å²) in [7, 11) is 0. The van der Waals surface area contributed by atoms with Crippen LogP contribution in [0, 0.1) is 20.2 Å². The maximum Gasteiger partial charge on any atom is 0.416 e. The maximum atomic E-state index is 12.9. The van der Waals surface area contributed by atoms with Crippen molar-refractivity contribution in [2.45, 2.75) is 38.8 Å². The van der Waals surface area contributed by atoms with Gasteiger partial charge in [-0.15, -0.1) is 0 Å². The first kappa shape index (κ1) is 21.6. The Labute approximate surface area is 147 Å². The molecule has 0 amide bonds. The number of nitrogens with zero attached hydrogens (tertiary/aromatic N) is 3. The van der Waals surface area contributed by atoms with Crippen LogP contribution in [0.3, 0.4) is 0 Å². The van der Waals surface area contributed by atoms with Crippen molar-refractivity contribution in [2.24, 2.45) is 0 Å². The average molecular weight is 379 g/mol. The van der Waals surface area contributed by atoms with Crippen LogP contribution >= 0.6 is 0 Å². The van der Waals surface area contributed by atoms with Crippen molar-refractivity contribution in [3.63, 3.8) is 0 Å². The lowest BCUT2D eigenvalue weighted by Gasteiger charge is -2.24. The third-order valence-electron chi connectivity index (χ3n) is 3.76. The number of hydrogen-bond acceptors (Lipinski definition) is 6. The van der Waals surface area contributed by atoms with Crippen LogP contribution in [0.1, 0.15) is 38.2 Å². The van der Waals surface area contributed by atoms with E-state index in [0.29, 0.717) is 18.6 Å². The van der Waals surface area contributed by atoms with Gasteiger partial charge >= 0.3 is 6.18 Å². The van der Waals surface area contributed by atoms with Crippen molar-refractivity contribution >= 4 is 17.1 Å². The van der Waals surface area contributed by atoms with Crippen molar-refractivity contribution in [1.82, 2.24) is 0 Å². The lowest BCUT2D eigenvalue weighted by molar-refractivity contribution is -0.393. The van der Waals surface area contributed by atoms with E-state index in [0.717, 1.165) is 19.3 Å². The molecule has 0 unspecified atom stereocenters. The van der Waals surface area contributed by atoms with Crippen LogP contribution in [0.15, 0.2) is 12.1 Å². The maximum absolute atomic E-state index is 12.9. The number of nitro benzene ring substituents is 2. The highest BCUT2D eigenvalue weighted by atomic mass is 19.4. The Kier molecular flexibility index (Phi) is 7.75. The summed E-state index contributed by atoms with van der Waals surface area (Å²) in [5.41, 5.74) is -3.99. The van der Waals surface area contributed by atoms with E-state index in [1.54, 1.807) is 0 Å². The Balaban J connectivity index is 3.47. The molecule has 1 aromatic carbocycles. The number of aliphatic hydroxyl groups excluding tert-OH is 1. The van der Waals surface area contributed by atoms with E-state index < -0.39 is 45.3 Å². The Morgan fingerprint density at radius 1 is 1.04 bits per heavy atom. The van der Waals surface area contributed by atoms with Gasteiger partial charge in [0.25, 0.3) is 11.4 Å². The summed E-state index contributed by atoms with van der Waals surface area (Å²) >= 11 is 0. The third-order valence-corrected chi connectivity index (χ3v) is 3.76. The second-order valence-electron chi connectivity index (χ2n) is 5.65. The Morgan fingerprint density at radius 2 is 1.58 bits per heavy atom. The van der Waals surface area contributed by atoms with Crippen LogP contribution in [-0.4, -0.2) is 34.6 Å². The molecule has 0 aliphatic rings. The number of hydrogen-bond donors (Lipinski definition) is 1. The normalized spacial score (nSPS) is 11.4. The molecule has 1 N–H and O–H groups in total. The molecule has 0 heterocycles. The summed E-state index contributed by atoms with van der Waals surface area (Å²) in [6, 6.07) is 0.581. The molecule has 0 fully saturated rings. The van der Waals surface area contributed by atoms with Crippen LogP contribution in [0.2, 0.25) is 0 Å². The molecule has 1 rings (SSSR count). The second-order valence-corrected chi connectivity index (χ2v) is 5.65. The van der Waals surface area contributed by atoms with Crippen LogP contribution in [-0.2, 0) is 6.18 Å². The summed E-state index contributed by atoms with van der Waals surface area (Å²) < 4.78 is 38.8. The fraction of sp³-hybridized carbons (Fsp3) is 0.600. The molecular formula is C15H20F3N3O5. The number of benzene rings is 1. The molecule has 0 saturated heterocycles. The fourth-order valence-electron chi connectivity index (χ4n) is 2.56. The van der Waals surface area contributed by atoms with Crippen LogP contribution in [0.25, 0.3) is 0 Å². The molecule has 0 bridgehead atoms. The Morgan fingerprint density at radius 3 is 1.96 bits per heavy atom. The molecule has 0 atom stereocenters. The molecule has 0 spiro atoms. The summed E-state index contributed by atoms with van der Waals surface area (Å²) in [4.78, 5) is 21.6. The SMILES string of the molecule is CCCCCCN(CCO)c1c([N+](=O)[O-])cc(C(F)(F)F)cc1[N+](=O)[O-]. The topological polar surface area (TPSA) is 110 Å². The highest BCUT2D eigenvalue weighted by Gasteiger charge is 2.39. The lowest BCUT2D eigenvalue weighted by Crippen LogP contribution is -2.29. The van der Waals surface area contributed by atoms with Crippen LogP contribution < -0.4 is 4.90 Å². The van der Waals surface area contributed by atoms with Gasteiger partial charge < -0.3 is 10.0 Å². The van der Waals surface area contributed by atoms with Gasteiger partial charge in [-0.05, 0) is 6.42 Å². The van der Waals surface area contributed by atoms with Gasteiger partial charge in [-0.25, -0.2) is 0 Å². The van der Waals surface area contributed by atoms with Gasteiger partial charge in [0.05, 0.1) is 22.0 Å². The highest BCUT2D eigenvalue weighted by molar-refractivity contribution is 5.76. The minimum Gasteiger partial charge on any atom is -0.395 e. The first-order valence-corrected chi connectivity index (χ1v) is 8.03. The zero-order valence-corrected chi connectivity index (χ0v) is 14.2. The molecule has 0 radical (unpaired) electrons. The predicted molar refractivity (Wildman–Crippen MR) is 88.2 cm³/mol. The standard InChI is InChI=1S/C15H20F3N3O5/c1-2-3-4-5-6-19(7-8-22)14-12(20(23)24)9-11(15(16,17)18)10-13(14)21(25)26/h9-10,22H,2-8H2,1H3. The van der Waals surface area contributed by atoms with Gasteiger partial charge in [0.2, 0.25) is 0 Å². The number of halogens is 3. The summed E-state index contributed by atoms with van der Waals surface area (Å²) in [5.74, 6) is 0. The van der Waals surface area contributed by atoms with Crippen molar-refractivity contribution in [1.29, 1.82) is 0 Å². The van der Waals surface area contributed by atoms with E-state index in [2.05, 4.69) is 0 Å². The third kappa shape index (κ3) is 5.55. The van der Waals surface area contributed by atoms with Gasteiger partial charge in [0.15, 0.2) is 5.69 Å². The highest BCUT2D eigenvalue weighted by Crippen LogP contribution is 2.43. The van der Waals surface area contributed by atoms with Crippen molar-refractivity contribution in [2.75, 3.05) is 24.6 Å². The number of anilines is 1. The lowest BCUT2D eigenvalue weighted by atomic mass is 10.1. The van der Waals surface area contributed by atoms with E-state index in [9.17, 15) is 38.5 Å². The monoisotopic (exact) mass is 379 g/mol. The molecule has 1 aromatic rings. The molecule has 0 aliphatic carbocycles. The van der Waals surface area contributed by atoms with Gasteiger partial charge in [0, 0.05) is 25.2 Å². The molecule has 8 nitrogen and oxygen atoms in total. The average Bonchev–Trinajstić information content (AvgIpc) is 2.55. The molecule has 26 heavy (non-hydrogen) atoms. The number of rotatable bonds is 10. The van der Waals surface area contributed by atoms with Crippen molar-refractivity contribution < 1.29 is 28.1 Å². The second kappa shape index (κ2) is 9.32. The largest absolute Gasteiger partial charge is 0.416 e. The first-order chi connectivity index (χ1) is 12.1. The minimum absolute atomic E-state index is 0.146. The molecule has 11 heteroatoms. The molecule has 146 valence electrons. The van der Waals surface area contributed by atoms with Gasteiger partial charge in [-0.1, -0.05) is 26.2 Å². The fourth-order valence-corrected chi connectivity index (χ4v) is 2.56. The molecule has 0 saturated carbocycles. The van der Waals surface area contributed by atoms with Crippen LogP contribution in [0.5, 0.6) is 0 Å². The predicted octanol–water partition coefficient (Wildman–Crippen LogP) is 3.90. The first-order valence-electron chi connectivity index (χ1n) is 8.03. The zero-order valence-electron chi connectivity index (χ0n) is 14.2. The van der Waals surface area contributed by atoms with Crippen molar-refractivity contribution in [3.05, 3.63) is 37.9 Å². The van der Waals surface area contributed by atoms with Gasteiger partial charge in [-0.3, -0.25) is 20.2 Å². The van der Waals surface area contributed by atoms with E-state index in [1.165, 1.54) is 4.90 Å². The van der Waals surface area contributed by atoms with E-state index in [4.69, 9.17) is 0 Å². The Bertz CT molecular complexity index is 617. The molecule has 0 aromatic heterocycles. The van der Waals surface area contributed by atoms with Crippen LogP contribution in [0.4, 0.5) is 30.2 Å². The quantitative estimate of drug-likeness (QED) is 0.375. The van der Waals surface area contributed by atoms with E-state index in [1.807, 2.05) is 6.92 Å². The van der Waals surface area contributed by atoms with Crippen molar-refractivity contribution in [3.8, 4) is 0 Å². The zero-order chi connectivity index (χ0) is 19.9. The van der Waals surface area contributed by atoms with Gasteiger partial charge in [-0.2, -0.15) is 13.2 Å². The van der Waals surface area contributed by atoms with E-state index >= 15 is 0 Å². The van der Waals surface area contributed by atoms with Gasteiger partial charge in [0.1, 0.15) is 0 Å². The Hall–Kier alpha value is -2.43. The smallest absolute Gasteiger partial charge is 0.395 e. The summed E-state index contributed by atoms with van der Waals surface area (Å²) in [6.07, 6.45) is -1.88. The number of unbranched alkanes of at least 4 members (excludes halogenated alkanes) is 3.